The minimum atomic E-state index is -0.303. The Hall–Kier alpha value is -1.30. The normalized spacial score (nSPS) is 12.9. The van der Waals surface area contributed by atoms with Crippen molar-refractivity contribution >= 4 is 0 Å². The Morgan fingerprint density at radius 1 is 1.18 bits per heavy atom. The van der Waals surface area contributed by atoms with Crippen LogP contribution in [0.2, 0.25) is 0 Å². The molecule has 0 aliphatic rings. The number of rotatable bonds is 6. The average Bonchev–Trinajstić information content (AvgIpc) is 2.33. The quantitative estimate of drug-likeness (QED) is 0.518. The lowest BCUT2D eigenvalue weighted by atomic mass is 10.1. The fourth-order valence-electron chi connectivity index (χ4n) is 1.46. The molecule has 1 atom stereocenters. The molecule has 0 heterocycles. The molecule has 0 spiro atoms. The third-order valence-corrected chi connectivity index (χ3v) is 2.62. The summed E-state index contributed by atoms with van der Waals surface area (Å²) >= 11 is 0. The summed E-state index contributed by atoms with van der Waals surface area (Å²) in [5.74, 6) is -0.237. The standard InChI is InChI=1S/C12H19NO4/c1-8(13-7-12(16-2)17-3)9-4-5-10(14)11(15)6-9/h4-6,8,12-15H,7H2,1-3H3. The highest BCUT2D eigenvalue weighted by Gasteiger charge is 2.11. The fraction of sp³-hybridized carbons (Fsp3) is 0.500. The van der Waals surface area contributed by atoms with Crippen LogP contribution in [0, 0.1) is 0 Å². The van der Waals surface area contributed by atoms with Gasteiger partial charge in [0.1, 0.15) is 0 Å². The molecule has 0 saturated heterocycles. The molecule has 1 aromatic rings. The Morgan fingerprint density at radius 2 is 1.82 bits per heavy atom. The van der Waals surface area contributed by atoms with Gasteiger partial charge in [-0.1, -0.05) is 6.07 Å². The third-order valence-electron chi connectivity index (χ3n) is 2.62. The lowest BCUT2D eigenvalue weighted by Crippen LogP contribution is -2.31. The van der Waals surface area contributed by atoms with Gasteiger partial charge in [-0.3, -0.25) is 0 Å². The molecule has 1 aromatic carbocycles. The Kier molecular flexibility index (Phi) is 5.21. The van der Waals surface area contributed by atoms with Crippen molar-refractivity contribution in [3.8, 4) is 11.5 Å². The van der Waals surface area contributed by atoms with Crippen LogP contribution in [0.4, 0.5) is 0 Å². The molecule has 0 fully saturated rings. The van der Waals surface area contributed by atoms with E-state index in [-0.39, 0.29) is 23.8 Å². The van der Waals surface area contributed by atoms with E-state index in [1.165, 1.54) is 12.1 Å². The van der Waals surface area contributed by atoms with E-state index in [2.05, 4.69) is 5.32 Å². The third kappa shape index (κ3) is 3.89. The second-order valence-corrected chi connectivity index (χ2v) is 3.78. The maximum absolute atomic E-state index is 9.39. The predicted octanol–water partition coefficient (Wildman–Crippen LogP) is 1.37. The number of ether oxygens (including phenoxy) is 2. The van der Waals surface area contributed by atoms with E-state index >= 15 is 0 Å². The number of phenols is 2. The molecule has 1 unspecified atom stereocenters. The van der Waals surface area contributed by atoms with Crippen molar-refractivity contribution in [3.63, 3.8) is 0 Å². The molecule has 0 radical (unpaired) electrons. The zero-order chi connectivity index (χ0) is 12.8. The summed E-state index contributed by atoms with van der Waals surface area (Å²) in [6.45, 7) is 2.49. The second kappa shape index (κ2) is 6.44. The highest BCUT2D eigenvalue weighted by Crippen LogP contribution is 2.27. The monoisotopic (exact) mass is 241 g/mol. The maximum atomic E-state index is 9.39. The van der Waals surface area contributed by atoms with Gasteiger partial charge >= 0.3 is 0 Å². The fourth-order valence-corrected chi connectivity index (χ4v) is 1.46. The summed E-state index contributed by atoms with van der Waals surface area (Å²) in [4.78, 5) is 0. The number of phenolic OH excluding ortho intramolecular Hbond substituents is 2. The van der Waals surface area contributed by atoms with Crippen LogP contribution in [0.1, 0.15) is 18.5 Å². The van der Waals surface area contributed by atoms with Crippen molar-refractivity contribution in [2.45, 2.75) is 19.3 Å². The van der Waals surface area contributed by atoms with Gasteiger partial charge in [0.05, 0.1) is 0 Å². The number of methoxy groups -OCH3 is 2. The summed E-state index contributed by atoms with van der Waals surface area (Å²) < 4.78 is 10.1. The number of benzene rings is 1. The van der Waals surface area contributed by atoms with E-state index in [9.17, 15) is 10.2 Å². The molecular weight excluding hydrogens is 222 g/mol. The molecule has 0 aliphatic carbocycles. The van der Waals surface area contributed by atoms with Crippen molar-refractivity contribution in [1.29, 1.82) is 0 Å². The lowest BCUT2D eigenvalue weighted by molar-refractivity contribution is -0.0997. The zero-order valence-electron chi connectivity index (χ0n) is 10.3. The van der Waals surface area contributed by atoms with Crippen LogP contribution in [0.5, 0.6) is 11.5 Å². The molecule has 5 heteroatoms. The SMILES string of the molecule is COC(CNC(C)c1ccc(O)c(O)c1)OC. The molecule has 3 N–H and O–H groups in total. The Balaban J connectivity index is 2.57. The minimum absolute atomic E-state index is 0.0225. The van der Waals surface area contributed by atoms with Crippen LogP contribution in [-0.4, -0.2) is 37.3 Å². The van der Waals surface area contributed by atoms with Crippen molar-refractivity contribution in [1.82, 2.24) is 5.32 Å². The highest BCUT2D eigenvalue weighted by atomic mass is 16.7. The topological polar surface area (TPSA) is 71.0 Å². The lowest BCUT2D eigenvalue weighted by Gasteiger charge is -2.19. The van der Waals surface area contributed by atoms with Gasteiger partial charge < -0.3 is 25.0 Å². The van der Waals surface area contributed by atoms with Crippen molar-refractivity contribution in [2.24, 2.45) is 0 Å². The number of hydrogen-bond acceptors (Lipinski definition) is 5. The molecule has 0 amide bonds. The highest BCUT2D eigenvalue weighted by molar-refractivity contribution is 5.41. The second-order valence-electron chi connectivity index (χ2n) is 3.78. The zero-order valence-corrected chi connectivity index (χ0v) is 10.3. The summed E-state index contributed by atoms with van der Waals surface area (Å²) in [5.41, 5.74) is 0.881. The van der Waals surface area contributed by atoms with Crippen LogP contribution in [-0.2, 0) is 9.47 Å². The molecular formula is C12H19NO4. The van der Waals surface area contributed by atoms with E-state index in [0.717, 1.165) is 5.56 Å². The Bertz CT molecular complexity index is 352. The first-order valence-corrected chi connectivity index (χ1v) is 5.39. The smallest absolute Gasteiger partial charge is 0.169 e. The van der Waals surface area contributed by atoms with Crippen LogP contribution >= 0.6 is 0 Å². The van der Waals surface area contributed by atoms with Gasteiger partial charge in [0.2, 0.25) is 0 Å². The molecule has 17 heavy (non-hydrogen) atoms. The molecule has 0 bridgehead atoms. The molecule has 0 aliphatic heterocycles. The van der Waals surface area contributed by atoms with E-state index in [4.69, 9.17) is 9.47 Å². The van der Waals surface area contributed by atoms with Crippen molar-refractivity contribution in [3.05, 3.63) is 23.8 Å². The molecule has 0 saturated carbocycles. The molecule has 96 valence electrons. The van der Waals surface area contributed by atoms with E-state index in [1.807, 2.05) is 6.92 Å². The van der Waals surface area contributed by atoms with Gasteiger partial charge in [-0.25, -0.2) is 0 Å². The van der Waals surface area contributed by atoms with E-state index in [1.54, 1.807) is 20.3 Å². The largest absolute Gasteiger partial charge is 0.504 e. The predicted molar refractivity (Wildman–Crippen MR) is 64.0 cm³/mol. The van der Waals surface area contributed by atoms with Gasteiger partial charge in [-0.15, -0.1) is 0 Å². The van der Waals surface area contributed by atoms with Crippen LogP contribution < -0.4 is 5.32 Å². The summed E-state index contributed by atoms with van der Waals surface area (Å²) in [5, 5.41) is 21.8. The average molecular weight is 241 g/mol. The van der Waals surface area contributed by atoms with Gasteiger partial charge in [-0.2, -0.15) is 0 Å². The number of aromatic hydroxyl groups is 2. The summed E-state index contributed by atoms with van der Waals surface area (Å²) in [6, 6.07) is 4.77. The van der Waals surface area contributed by atoms with Crippen LogP contribution in [0.25, 0.3) is 0 Å². The molecule has 0 aromatic heterocycles. The summed E-state index contributed by atoms with van der Waals surface area (Å²) in [7, 11) is 3.15. The number of nitrogens with one attached hydrogen (secondary N) is 1. The van der Waals surface area contributed by atoms with Crippen LogP contribution in [0.3, 0.4) is 0 Å². The van der Waals surface area contributed by atoms with Gasteiger partial charge in [0.25, 0.3) is 0 Å². The van der Waals surface area contributed by atoms with Gasteiger partial charge in [0, 0.05) is 26.8 Å². The first kappa shape index (κ1) is 13.8. The van der Waals surface area contributed by atoms with Crippen LogP contribution in [0.15, 0.2) is 18.2 Å². The van der Waals surface area contributed by atoms with E-state index in [0.29, 0.717) is 6.54 Å². The Labute approximate surface area is 101 Å². The first-order chi connectivity index (χ1) is 8.08. The first-order valence-electron chi connectivity index (χ1n) is 5.39. The number of hydrogen-bond donors (Lipinski definition) is 3. The van der Waals surface area contributed by atoms with Gasteiger partial charge in [0.15, 0.2) is 17.8 Å². The van der Waals surface area contributed by atoms with Crippen molar-refractivity contribution in [2.75, 3.05) is 20.8 Å². The van der Waals surface area contributed by atoms with Gasteiger partial charge in [-0.05, 0) is 24.6 Å². The maximum Gasteiger partial charge on any atom is 0.169 e. The molecule has 5 nitrogen and oxygen atoms in total. The minimum Gasteiger partial charge on any atom is -0.504 e. The summed E-state index contributed by atoms with van der Waals surface area (Å²) in [6.07, 6.45) is -0.303. The van der Waals surface area contributed by atoms with E-state index < -0.39 is 0 Å². The molecule has 1 rings (SSSR count). The van der Waals surface area contributed by atoms with Crippen molar-refractivity contribution < 1.29 is 19.7 Å². The Morgan fingerprint density at radius 3 is 2.35 bits per heavy atom.